The number of allylic oxidation sites excluding steroid dienone is 4. The first kappa shape index (κ1) is 28.9. The van der Waals surface area contributed by atoms with Gasteiger partial charge < -0.3 is 5.11 Å². The molecule has 4 aromatic rings. The number of aryl methyl sites for hydroxylation is 1. The maximum absolute atomic E-state index is 11.7. The van der Waals surface area contributed by atoms with E-state index in [2.05, 4.69) is 133 Å². The minimum absolute atomic E-state index is 0.0223. The first-order chi connectivity index (χ1) is 19.7. The SMILES string of the molecule is CCC1(C)/C(=C\C=C\C(C)C(C)(CC)c2c(C)ccc3ccccc23)C(CCC(=O)O)c2ccc3ccccc3c21. The van der Waals surface area contributed by atoms with Crippen molar-refractivity contribution < 1.29 is 9.90 Å². The van der Waals surface area contributed by atoms with Crippen molar-refractivity contribution in [2.75, 3.05) is 0 Å². The Kier molecular flexibility index (Phi) is 7.97. The molecule has 0 saturated heterocycles. The van der Waals surface area contributed by atoms with E-state index in [1.165, 1.54) is 49.4 Å². The summed E-state index contributed by atoms with van der Waals surface area (Å²) in [5.41, 5.74) is 6.64. The van der Waals surface area contributed by atoms with Gasteiger partial charge in [-0.25, -0.2) is 0 Å². The van der Waals surface area contributed by atoms with E-state index in [0.717, 1.165) is 12.8 Å². The number of fused-ring (bicyclic) bond motifs is 4. The van der Waals surface area contributed by atoms with Gasteiger partial charge in [-0.15, -0.1) is 0 Å². The number of rotatable bonds is 9. The number of aliphatic carboxylic acids is 1. The fourth-order valence-corrected chi connectivity index (χ4v) is 7.55. The van der Waals surface area contributed by atoms with Gasteiger partial charge in [-0.2, -0.15) is 0 Å². The zero-order valence-corrected chi connectivity index (χ0v) is 25.5. The van der Waals surface area contributed by atoms with E-state index in [1.807, 2.05) is 0 Å². The maximum atomic E-state index is 11.7. The van der Waals surface area contributed by atoms with Gasteiger partial charge in [0.2, 0.25) is 0 Å². The molecule has 0 bridgehead atoms. The lowest BCUT2D eigenvalue weighted by Crippen LogP contribution is -2.29. The van der Waals surface area contributed by atoms with Crippen LogP contribution < -0.4 is 0 Å². The predicted molar refractivity (Wildman–Crippen MR) is 174 cm³/mol. The Labute approximate surface area is 245 Å². The van der Waals surface area contributed by atoms with Crippen LogP contribution in [0.2, 0.25) is 0 Å². The Balaban J connectivity index is 1.58. The highest BCUT2D eigenvalue weighted by Crippen LogP contribution is 2.56. The van der Waals surface area contributed by atoms with Gasteiger partial charge in [0.15, 0.2) is 0 Å². The van der Waals surface area contributed by atoms with Crippen molar-refractivity contribution in [2.45, 2.75) is 84.0 Å². The minimum Gasteiger partial charge on any atom is -0.481 e. The van der Waals surface area contributed by atoms with Crippen molar-refractivity contribution in [1.29, 1.82) is 0 Å². The number of carbonyl (C=O) groups is 1. The summed E-state index contributed by atoms with van der Waals surface area (Å²) in [5.74, 6) is -0.317. The molecule has 0 radical (unpaired) electrons. The van der Waals surface area contributed by atoms with E-state index < -0.39 is 5.97 Å². The summed E-state index contributed by atoms with van der Waals surface area (Å²) >= 11 is 0. The molecule has 1 aliphatic rings. The highest BCUT2D eigenvalue weighted by Gasteiger charge is 2.44. The van der Waals surface area contributed by atoms with Crippen LogP contribution in [-0.4, -0.2) is 11.1 Å². The standard InChI is InChI=1S/C39H44O2/c1-7-38(5,36-26(3)20-21-28-15-9-11-17-30(28)36)27(4)14-13-19-34-32(24-25-35(40)41)33-23-22-29-16-10-12-18-31(29)37(33)39(34,6)8-2/h9-23,27,32H,7-8,24-25H2,1-6H3,(H,40,41)/b14-13+,34-19-. The van der Waals surface area contributed by atoms with E-state index in [4.69, 9.17) is 0 Å². The van der Waals surface area contributed by atoms with E-state index in [-0.39, 0.29) is 23.2 Å². The first-order valence-electron chi connectivity index (χ1n) is 15.3. The molecule has 212 valence electrons. The fraction of sp³-hybridized carbons (Fsp3) is 0.359. The van der Waals surface area contributed by atoms with Gasteiger partial charge in [0.1, 0.15) is 0 Å². The van der Waals surface area contributed by atoms with Crippen molar-refractivity contribution >= 4 is 27.5 Å². The normalized spacial score (nSPS) is 21.9. The van der Waals surface area contributed by atoms with Gasteiger partial charge in [-0.1, -0.05) is 131 Å². The van der Waals surface area contributed by atoms with E-state index in [1.54, 1.807) is 0 Å². The zero-order chi connectivity index (χ0) is 29.4. The summed E-state index contributed by atoms with van der Waals surface area (Å²) in [7, 11) is 0. The Morgan fingerprint density at radius 1 is 0.976 bits per heavy atom. The van der Waals surface area contributed by atoms with Crippen molar-refractivity contribution in [3.8, 4) is 0 Å². The van der Waals surface area contributed by atoms with Gasteiger partial charge in [-0.3, -0.25) is 4.79 Å². The fourth-order valence-electron chi connectivity index (χ4n) is 7.55. The summed E-state index contributed by atoms with van der Waals surface area (Å²) in [5, 5.41) is 14.8. The number of hydrogen-bond donors (Lipinski definition) is 1. The third-order valence-electron chi connectivity index (χ3n) is 10.4. The Hall–Kier alpha value is -3.65. The zero-order valence-electron chi connectivity index (χ0n) is 25.5. The summed E-state index contributed by atoms with van der Waals surface area (Å²) in [6.45, 7) is 13.9. The van der Waals surface area contributed by atoms with Crippen molar-refractivity contribution in [3.05, 3.63) is 119 Å². The van der Waals surface area contributed by atoms with Crippen LogP contribution in [0.25, 0.3) is 21.5 Å². The molecule has 1 aliphatic carbocycles. The molecular formula is C39H44O2. The van der Waals surface area contributed by atoms with E-state index >= 15 is 0 Å². The van der Waals surface area contributed by atoms with Gasteiger partial charge in [0.25, 0.3) is 0 Å². The minimum atomic E-state index is -0.731. The molecule has 1 N–H and O–H groups in total. The second kappa shape index (κ2) is 11.3. The van der Waals surface area contributed by atoms with Gasteiger partial charge >= 0.3 is 5.97 Å². The van der Waals surface area contributed by atoms with Crippen LogP contribution in [0.5, 0.6) is 0 Å². The van der Waals surface area contributed by atoms with Crippen LogP contribution in [0.15, 0.2) is 96.6 Å². The van der Waals surface area contributed by atoms with Crippen LogP contribution in [0, 0.1) is 12.8 Å². The van der Waals surface area contributed by atoms with E-state index in [0.29, 0.717) is 12.3 Å². The monoisotopic (exact) mass is 544 g/mol. The molecule has 2 nitrogen and oxygen atoms in total. The van der Waals surface area contributed by atoms with Crippen molar-refractivity contribution in [3.63, 3.8) is 0 Å². The molecule has 0 amide bonds. The molecule has 0 aliphatic heterocycles. The van der Waals surface area contributed by atoms with Gasteiger partial charge in [0.05, 0.1) is 0 Å². The Morgan fingerprint density at radius 2 is 1.61 bits per heavy atom. The van der Waals surface area contributed by atoms with Crippen LogP contribution >= 0.6 is 0 Å². The molecule has 0 spiro atoms. The lowest BCUT2D eigenvalue weighted by molar-refractivity contribution is -0.137. The quantitative estimate of drug-likeness (QED) is 0.227. The molecule has 4 atom stereocenters. The lowest BCUT2D eigenvalue weighted by Gasteiger charge is -2.36. The van der Waals surface area contributed by atoms with Crippen LogP contribution in [0.3, 0.4) is 0 Å². The number of carboxylic acid groups (broad SMARTS) is 1. The van der Waals surface area contributed by atoms with Gasteiger partial charge in [0, 0.05) is 17.8 Å². The van der Waals surface area contributed by atoms with Crippen LogP contribution in [-0.2, 0) is 15.6 Å². The second-order valence-electron chi connectivity index (χ2n) is 12.5. The summed E-state index contributed by atoms with van der Waals surface area (Å²) < 4.78 is 0. The third kappa shape index (κ3) is 4.92. The molecule has 0 heterocycles. The summed E-state index contributed by atoms with van der Waals surface area (Å²) in [6.07, 6.45) is 9.76. The topological polar surface area (TPSA) is 37.3 Å². The summed E-state index contributed by atoms with van der Waals surface area (Å²) in [6, 6.07) is 26.3. The Bertz CT molecular complexity index is 1660. The van der Waals surface area contributed by atoms with Gasteiger partial charge in [-0.05, 0) is 81.3 Å². The van der Waals surface area contributed by atoms with Crippen molar-refractivity contribution in [1.82, 2.24) is 0 Å². The van der Waals surface area contributed by atoms with E-state index in [9.17, 15) is 9.90 Å². The molecule has 2 heteroatoms. The molecular weight excluding hydrogens is 500 g/mol. The average Bonchev–Trinajstić information content (AvgIpc) is 3.23. The molecule has 41 heavy (non-hydrogen) atoms. The van der Waals surface area contributed by atoms with Crippen LogP contribution in [0.4, 0.5) is 0 Å². The number of carboxylic acids is 1. The number of hydrogen-bond acceptors (Lipinski definition) is 1. The highest BCUT2D eigenvalue weighted by atomic mass is 16.4. The molecule has 0 aromatic heterocycles. The molecule has 0 saturated carbocycles. The molecule has 4 aromatic carbocycles. The summed E-state index contributed by atoms with van der Waals surface area (Å²) in [4.78, 5) is 11.7. The largest absolute Gasteiger partial charge is 0.481 e. The lowest BCUT2D eigenvalue weighted by atomic mass is 9.67. The second-order valence-corrected chi connectivity index (χ2v) is 12.5. The smallest absolute Gasteiger partial charge is 0.303 e. The molecule has 0 fully saturated rings. The Morgan fingerprint density at radius 3 is 2.27 bits per heavy atom. The van der Waals surface area contributed by atoms with Crippen molar-refractivity contribution in [2.24, 2.45) is 5.92 Å². The first-order valence-corrected chi connectivity index (χ1v) is 15.3. The maximum Gasteiger partial charge on any atom is 0.303 e. The molecule has 4 unspecified atom stereocenters. The van der Waals surface area contributed by atoms with Crippen LogP contribution in [0.1, 0.15) is 88.5 Å². The third-order valence-corrected chi connectivity index (χ3v) is 10.4. The highest BCUT2D eigenvalue weighted by molar-refractivity contribution is 5.90. The average molecular weight is 545 g/mol. The molecule has 5 rings (SSSR count). The number of benzene rings is 4. The predicted octanol–water partition coefficient (Wildman–Crippen LogP) is 10.4.